The highest BCUT2D eigenvalue weighted by molar-refractivity contribution is 6.32. The summed E-state index contributed by atoms with van der Waals surface area (Å²) in [5, 5.41) is 1.39. The normalized spacial score (nSPS) is 18.5. The number of para-hydroxylation sites is 1. The molecule has 6 heteroatoms. The lowest BCUT2D eigenvalue weighted by atomic mass is 9.99. The molecular formula is C27H26ClN3O2. The molecule has 0 N–H and O–H groups in total. The molecule has 33 heavy (non-hydrogen) atoms. The third-order valence-electron chi connectivity index (χ3n) is 6.06. The minimum Gasteiger partial charge on any atom is -0.495 e. The number of rotatable bonds is 4. The van der Waals surface area contributed by atoms with Crippen molar-refractivity contribution in [3.05, 3.63) is 72.1 Å². The number of benzene rings is 2. The van der Waals surface area contributed by atoms with Crippen LogP contribution in [0.4, 0.5) is 5.69 Å². The van der Waals surface area contributed by atoms with Crippen molar-refractivity contribution in [1.29, 1.82) is 0 Å². The third kappa shape index (κ3) is 4.14. The van der Waals surface area contributed by atoms with Crippen LogP contribution in [0.5, 0.6) is 5.75 Å². The third-order valence-corrected chi connectivity index (χ3v) is 6.37. The van der Waals surface area contributed by atoms with Gasteiger partial charge in [0.05, 0.1) is 24.8 Å². The molecule has 3 heterocycles. The fraction of sp³-hybridized carbons (Fsp3) is 0.259. The van der Waals surface area contributed by atoms with E-state index in [1.165, 1.54) is 5.69 Å². The van der Waals surface area contributed by atoms with E-state index in [1.807, 2.05) is 36.5 Å². The van der Waals surface area contributed by atoms with Gasteiger partial charge in [0.1, 0.15) is 10.9 Å². The van der Waals surface area contributed by atoms with E-state index in [9.17, 15) is 0 Å². The molecule has 0 saturated carbocycles. The molecule has 1 unspecified atom stereocenters. The lowest BCUT2D eigenvalue weighted by Gasteiger charge is -2.36. The summed E-state index contributed by atoms with van der Waals surface area (Å²) in [5.74, 6) is 0.795. The largest absolute Gasteiger partial charge is 0.495 e. The highest BCUT2D eigenvalue weighted by Crippen LogP contribution is 2.40. The van der Waals surface area contributed by atoms with Gasteiger partial charge in [0.15, 0.2) is 0 Å². The predicted octanol–water partition coefficient (Wildman–Crippen LogP) is 6.24. The van der Waals surface area contributed by atoms with Gasteiger partial charge in [0, 0.05) is 53.2 Å². The summed E-state index contributed by atoms with van der Waals surface area (Å²) in [6.45, 7) is 6.03. The van der Waals surface area contributed by atoms with Gasteiger partial charge < -0.3 is 14.4 Å². The van der Waals surface area contributed by atoms with Crippen LogP contribution >= 0.6 is 11.6 Å². The van der Waals surface area contributed by atoms with Crippen LogP contribution in [-0.4, -0.2) is 42.4 Å². The van der Waals surface area contributed by atoms with E-state index in [1.54, 1.807) is 13.3 Å². The first-order chi connectivity index (χ1) is 16.0. The first-order valence-electron chi connectivity index (χ1n) is 11.1. The van der Waals surface area contributed by atoms with Crippen molar-refractivity contribution < 1.29 is 9.47 Å². The molecule has 5 nitrogen and oxygen atoms in total. The number of fused-ring (bicyclic) bond motifs is 1. The van der Waals surface area contributed by atoms with Gasteiger partial charge in [-0.05, 0) is 49.7 Å². The zero-order chi connectivity index (χ0) is 22.9. The molecule has 4 aromatic rings. The number of ether oxygens (including phenoxy) is 2. The van der Waals surface area contributed by atoms with Gasteiger partial charge in [-0.25, -0.2) is 4.98 Å². The van der Waals surface area contributed by atoms with Crippen molar-refractivity contribution in [1.82, 2.24) is 9.97 Å². The topological polar surface area (TPSA) is 47.5 Å². The number of pyridine rings is 2. The Morgan fingerprint density at radius 2 is 1.64 bits per heavy atom. The zero-order valence-corrected chi connectivity index (χ0v) is 19.7. The Hall–Kier alpha value is -3.15. The van der Waals surface area contributed by atoms with E-state index in [0.29, 0.717) is 5.15 Å². The second-order valence-electron chi connectivity index (χ2n) is 8.46. The standard InChI is InChI=1S/C27H26ClN3O2/c1-17-15-31(16-18(2)33-17)20-11-9-19(10-12-20)24-14-30-25-21(22-8-5-13-29-27(22)28)6-4-7-23(25)26(24)32-3/h4-14,17-18H,15-16H2,1-3H3/t17-,18?/m0/s1. The Morgan fingerprint density at radius 3 is 2.33 bits per heavy atom. The first kappa shape index (κ1) is 21.7. The average Bonchev–Trinajstić information content (AvgIpc) is 2.83. The summed E-state index contributed by atoms with van der Waals surface area (Å²) < 4.78 is 11.8. The molecule has 168 valence electrons. The van der Waals surface area contributed by atoms with Crippen LogP contribution in [0.3, 0.4) is 0 Å². The Labute approximate surface area is 199 Å². The summed E-state index contributed by atoms with van der Waals surface area (Å²) in [6, 6.07) is 18.5. The van der Waals surface area contributed by atoms with Gasteiger partial charge >= 0.3 is 0 Å². The summed E-state index contributed by atoms with van der Waals surface area (Å²) in [7, 11) is 1.70. The van der Waals surface area contributed by atoms with Crippen LogP contribution in [0.25, 0.3) is 33.2 Å². The highest BCUT2D eigenvalue weighted by Gasteiger charge is 2.22. The van der Waals surface area contributed by atoms with Gasteiger partial charge in [-0.2, -0.15) is 0 Å². The molecule has 0 bridgehead atoms. The fourth-order valence-electron chi connectivity index (χ4n) is 4.67. The molecule has 2 atom stereocenters. The molecular weight excluding hydrogens is 434 g/mol. The molecule has 2 aromatic heterocycles. The van der Waals surface area contributed by atoms with E-state index in [-0.39, 0.29) is 12.2 Å². The smallest absolute Gasteiger partial charge is 0.137 e. The quantitative estimate of drug-likeness (QED) is 0.338. The summed E-state index contributed by atoms with van der Waals surface area (Å²) >= 11 is 6.37. The summed E-state index contributed by atoms with van der Waals surface area (Å²) in [4.78, 5) is 11.4. The minimum atomic E-state index is 0.223. The van der Waals surface area contributed by atoms with Gasteiger partial charge in [-0.1, -0.05) is 35.9 Å². The molecule has 2 aromatic carbocycles. The van der Waals surface area contributed by atoms with Gasteiger partial charge in [-0.15, -0.1) is 0 Å². The number of aromatic nitrogens is 2. The lowest BCUT2D eigenvalue weighted by Crippen LogP contribution is -2.45. The van der Waals surface area contributed by atoms with Crippen molar-refractivity contribution in [3.8, 4) is 28.0 Å². The number of methoxy groups -OCH3 is 1. The summed E-state index contributed by atoms with van der Waals surface area (Å²) in [5.41, 5.74) is 5.83. The second kappa shape index (κ2) is 9.00. The SMILES string of the molecule is COc1c(-c2ccc(N3CC(C)O[C@@H](C)C3)cc2)cnc2c(-c3cccnc3Cl)cccc12. The Morgan fingerprint density at radius 1 is 0.909 bits per heavy atom. The molecule has 0 radical (unpaired) electrons. The van der Waals surface area contributed by atoms with Crippen molar-refractivity contribution in [3.63, 3.8) is 0 Å². The van der Waals surface area contributed by atoms with Crippen molar-refractivity contribution in [2.45, 2.75) is 26.1 Å². The van der Waals surface area contributed by atoms with E-state index in [0.717, 1.165) is 52.0 Å². The minimum absolute atomic E-state index is 0.223. The molecule has 5 rings (SSSR count). The lowest BCUT2D eigenvalue weighted by molar-refractivity contribution is -0.00521. The van der Waals surface area contributed by atoms with Crippen LogP contribution in [0.1, 0.15) is 13.8 Å². The molecule has 1 saturated heterocycles. The first-order valence-corrected chi connectivity index (χ1v) is 11.5. The molecule has 1 aliphatic rings. The van der Waals surface area contributed by atoms with Crippen LogP contribution < -0.4 is 9.64 Å². The number of hydrogen-bond acceptors (Lipinski definition) is 5. The summed E-state index contributed by atoms with van der Waals surface area (Å²) in [6.07, 6.45) is 4.01. The van der Waals surface area contributed by atoms with Crippen LogP contribution in [0.15, 0.2) is 67.0 Å². The van der Waals surface area contributed by atoms with Gasteiger partial charge in [0.2, 0.25) is 0 Å². The molecule has 0 aliphatic carbocycles. The predicted molar refractivity (Wildman–Crippen MR) is 134 cm³/mol. The van der Waals surface area contributed by atoms with Gasteiger partial charge in [-0.3, -0.25) is 4.98 Å². The zero-order valence-electron chi connectivity index (χ0n) is 19.0. The van der Waals surface area contributed by atoms with Crippen molar-refractivity contribution >= 4 is 28.2 Å². The number of anilines is 1. The van der Waals surface area contributed by atoms with Crippen molar-refractivity contribution in [2.75, 3.05) is 25.1 Å². The maximum absolute atomic E-state index is 6.37. The monoisotopic (exact) mass is 459 g/mol. The van der Waals surface area contributed by atoms with E-state index in [2.05, 4.69) is 48.0 Å². The fourth-order valence-corrected chi connectivity index (χ4v) is 4.89. The number of morpholine rings is 1. The molecule has 0 amide bonds. The maximum atomic E-state index is 6.37. The highest BCUT2D eigenvalue weighted by atomic mass is 35.5. The number of hydrogen-bond donors (Lipinski definition) is 0. The Balaban J connectivity index is 1.55. The van der Waals surface area contributed by atoms with Crippen LogP contribution in [-0.2, 0) is 4.74 Å². The van der Waals surface area contributed by atoms with Crippen LogP contribution in [0, 0.1) is 0 Å². The van der Waals surface area contributed by atoms with Crippen LogP contribution in [0.2, 0.25) is 5.15 Å². The second-order valence-corrected chi connectivity index (χ2v) is 8.82. The van der Waals surface area contributed by atoms with E-state index in [4.69, 9.17) is 26.1 Å². The average molecular weight is 460 g/mol. The Kier molecular flexibility index (Phi) is 5.92. The molecule has 1 fully saturated rings. The van der Waals surface area contributed by atoms with E-state index >= 15 is 0 Å². The van der Waals surface area contributed by atoms with Crippen molar-refractivity contribution in [2.24, 2.45) is 0 Å². The number of halogens is 1. The molecule has 0 spiro atoms. The number of nitrogens with zero attached hydrogens (tertiary/aromatic N) is 3. The van der Waals surface area contributed by atoms with E-state index < -0.39 is 0 Å². The van der Waals surface area contributed by atoms with Gasteiger partial charge in [0.25, 0.3) is 0 Å². The molecule has 1 aliphatic heterocycles. The Bertz CT molecular complexity index is 1280. The maximum Gasteiger partial charge on any atom is 0.137 e.